The molecule has 1 aliphatic rings. The third-order valence-corrected chi connectivity index (χ3v) is 7.24. The molecular weight excluding hydrogens is 588 g/mol. The van der Waals surface area contributed by atoms with Gasteiger partial charge in [0.15, 0.2) is 23.2 Å². The quantitative estimate of drug-likeness (QED) is 0.170. The molecule has 4 N–H and O–H groups in total. The van der Waals surface area contributed by atoms with E-state index in [1.54, 1.807) is 24.3 Å². The van der Waals surface area contributed by atoms with Gasteiger partial charge in [0.2, 0.25) is 23.4 Å². The summed E-state index contributed by atoms with van der Waals surface area (Å²) in [5, 5.41) is 8.47. The molecule has 2 unspecified atom stereocenters. The van der Waals surface area contributed by atoms with Crippen LogP contribution in [0.2, 0.25) is 0 Å². The van der Waals surface area contributed by atoms with Crippen LogP contribution in [0.1, 0.15) is 43.6 Å². The van der Waals surface area contributed by atoms with Crippen molar-refractivity contribution < 1.29 is 46.2 Å². The zero-order chi connectivity index (χ0) is 32.1. The lowest BCUT2D eigenvalue weighted by Gasteiger charge is -2.25. The third kappa shape index (κ3) is 7.29. The Kier molecular flexibility index (Phi) is 10.1. The molecule has 4 rings (SSSR count). The lowest BCUT2D eigenvalue weighted by molar-refractivity contribution is -0.131. The van der Waals surface area contributed by atoms with E-state index in [0.717, 1.165) is 0 Å². The second-order valence-corrected chi connectivity index (χ2v) is 10.9. The first-order valence-corrected chi connectivity index (χ1v) is 13.9. The van der Waals surface area contributed by atoms with Crippen molar-refractivity contribution in [3.63, 3.8) is 0 Å². The number of ether oxygens (including phenoxy) is 2. The Balaban J connectivity index is 1.53. The van der Waals surface area contributed by atoms with E-state index in [2.05, 4.69) is 20.9 Å². The second kappa shape index (κ2) is 13.8. The minimum atomic E-state index is -1.83. The summed E-state index contributed by atoms with van der Waals surface area (Å²) in [6, 6.07) is 4.27. The molecule has 3 aromatic rings. The summed E-state index contributed by atoms with van der Waals surface area (Å²) < 4.78 is 65.6. The standard InChI is InChI=1S/C30H32F4N4O6/c1-14(2)9-21(38-30(42)22-11-16-19(36-22)5-4-6-24(16)43-3)29(41)37-20(10-15-7-8-35-28(15)40)23(39)13-44-27-25(33)17(31)12-18(32)26(27)34/h4-6,11-12,14-15,20-21,36H,7-10,13H2,1-3H3,(H,35,40)(H,37,41)(H,38,42)/t15?,20?,21-/m0/s1. The summed E-state index contributed by atoms with van der Waals surface area (Å²) in [5.74, 6) is -11.4. The van der Waals surface area contributed by atoms with Crippen LogP contribution >= 0.6 is 0 Å². The van der Waals surface area contributed by atoms with Gasteiger partial charge < -0.3 is 30.4 Å². The van der Waals surface area contributed by atoms with E-state index < -0.39 is 71.2 Å². The van der Waals surface area contributed by atoms with E-state index in [0.29, 0.717) is 29.6 Å². The van der Waals surface area contributed by atoms with Crippen molar-refractivity contribution in [3.05, 3.63) is 59.3 Å². The van der Waals surface area contributed by atoms with E-state index in [-0.39, 0.29) is 36.4 Å². The first kappa shape index (κ1) is 32.3. The van der Waals surface area contributed by atoms with Crippen LogP contribution in [-0.2, 0) is 14.4 Å². The third-order valence-electron chi connectivity index (χ3n) is 7.24. The van der Waals surface area contributed by atoms with E-state index in [4.69, 9.17) is 9.47 Å². The zero-order valence-electron chi connectivity index (χ0n) is 24.2. The number of amides is 3. The number of carbonyl (C=O) groups is 4. The van der Waals surface area contributed by atoms with Gasteiger partial charge in [0, 0.05) is 29.4 Å². The molecule has 0 spiro atoms. The molecule has 1 aliphatic heterocycles. The first-order chi connectivity index (χ1) is 20.9. The lowest BCUT2D eigenvalue weighted by atomic mass is 9.95. The molecule has 44 heavy (non-hydrogen) atoms. The van der Waals surface area contributed by atoms with E-state index >= 15 is 0 Å². The van der Waals surface area contributed by atoms with Crippen molar-refractivity contribution in [1.82, 2.24) is 20.9 Å². The van der Waals surface area contributed by atoms with Crippen LogP contribution in [0.5, 0.6) is 11.5 Å². The molecule has 2 aromatic carbocycles. The average Bonchev–Trinajstić information content (AvgIpc) is 3.60. The maximum atomic E-state index is 14.1. The number of carbonyl (C=O) groups excluding carboxylic acids is 4. The maximum absolute atomic E-state index is 14.1. The van der Waals surface area contributed by atoms with Gasteiger partial charge in [-0.15, -0.1) is 0 Å². The van der Waals surface area contributed by atoms with Gasteiger partial charge in [-0.2, -0.15) is 8.78 Å². The van der Waals surface area contributed by atoms with Crippen molar-refractivity contribution in [3.8, 4) is 11.5 Å². The van der Waals surface area contributed by atoms with Gasteiger partial charge in [-0.3, -0.25) is 19.2 Å². The Morgan fingerprint density at radius 3 is 2.34 bits per heavy atom. The molecule has 14 heteroatoms. The number of fused-ring (bicyclic) bond motifs is 1. The first-order valence-electron chi connectivity index (χ1n) is 13.9. The van der Waals surface area contributed by atoms with Crippen molar-refractivity contribution >= 4 is 34.4 Å². The number of rotatable bonds is 13. The topological polar surface area (TPSA) is 139 Å². The normalized spacial score (nSPS) is 16.0. The molecule has 0 radical (unpaired) electrons. The number of aromatic nitrogens is 1. The average molecular weight is 621 g/mol. The predicted octanol–water partition coefficient (Wildman–Crippen LogP) is 3.54. The lowest BCUT2D eigenvalue weighted by Crippen LogP contribution is -2.53. The summed E-state index contributed by atoms with van der Waals surface area (Å²) in [6.45, 7) is 2.91. The van der Waals surface area contributed by atoms with E-state index in [9.17, 15) is 36.7 Å². The van der Waals surface area contributed by atoms with Crippen LogP contribution in [0.25, 0.3) is 10.9 Å². The summed E-state index contributed by atoms with van der Waals surface area (Å²) >= 11 is 0. The Morgan fingerprint density at radius 2 is 1.73 bits per heavy atom. The maximum Gasteiger partial charge on any atom is 0.268 e. The number of H-pyrrole nitrogens is 1. The van der Waals surface area contributed by atoms with Gasteiger partial charge in [-0.1, -0.05) is 19.9 Å². The van der Waals surface area contributed by atoms with Crippen LogP contribution < -0.4 is 25.4 Å². The van der Waals surface area contributed by atoms with Gasteiger partial charge in [-0.25, -0.2) is 8.78 Å². The predicted molar refractivity (Wildman–Crippen MR) is 150 cm³/mol. The molecule has 3 amide bonds. The van der Waals surface area contributed by atoms with Crippen molar-refractivity contribution in [2.45, 2.75) is 45.2 Å². The fraction of sp³-hybridized carbons (Fsp3) is 0.400. The molecule has 236 valence electrons. The number of halogens is 4. The highest BCUT2D eigenvalue weighted by molar-refractivity contribution is 6.02. The molecule has 0 aliphatic carbocycles. The molecule has 0 saturated carbocycles. The van der Waals surface area contributed by atoms with E-state index in [1.165, 1.54) is 7.11 Å². The van der Waals surface area contributed by atoms with Crippen LogP contribution in [-0.4, -0.2) is 60.8 Å². The molecular formula is C30H32F4N4O6. The van der Waals surface area contributed by atoms with E-state index in [1.807, 2.05) is 13.8 Å². The highest BCUT2D eigenvalue weighted by Gasteiger charge is 2.34. The Morgan fingerprint density at radius 1 is 1.02 bits per heavy atom. The summed E-state index contributed by atoms with van der Waals surface area (Å²) in [5.41, 5.74) is 0.784. The number of ketones is 1. The number of aromatic amines is 1. The molecule has 1 aromatic heterocycles. The summed E-state index contributed by atoms with van der Waals surface area (Å²) in [7, 11) is 1.49. The molecule has 10 nitrogen and oxygen atoms in total. The molecule has 1 fully saturated rings. The largest absolute Gasteiger partial charge is 0.496 e. The van der Waals surface area contributed by atoms with Crippen LogP contribution in [0, 0.1) is 35.1 Å². The Hall–Kier alpha value is -4.62. The smallest absolute Gasteiger partial charge is 0.268 e. The highest BCUT2D eigenvalue weighted by Crippen LogP contribution is 2.28. The Labute approximate surface area is 249 Å². The highest BCUT2D eigenvalue weighted by atomic mass is 19.2. The van der Waals surface area contributed by atoms with Gasteiger partial charge in [0.05, 0.1) is 13.2 Å². The van der Waals surface area contributed by atoms with Crippen LogP contribution in [0.4, 0.5) is 17.6 Å². The summed E-state index contributed by atoms with van der Waals surface area (Å²) in [4.78, 5) is 55.1. The fourth-order valence-electron chi connectivity index (χ4n) is 4.99. The molecule has 2 heterocycles. The zero-order valence-corrected chi connectivity index (χ0v) is 24.2. The number of benzene rings is 2. The van der Waals surface area contributed by atoms with Crippen LogP contribution in [0.3, 0.4) is 0 Å². The van der Waals surface area contributed by atoms with Gasteiger partial charge in [-0.05, 0) is 43.4 Å². The minimum absolute atomic E-state index is 0.00341. The Bertz CT molecular complexity index is 1550. The number of methoxy groups -OCH3 is 1. The number of hydrogen-bond acceptors (Lipinski definition) is 6. The number of hydrogen-bond donors (Lipinski definition) is 4. The number of nitrogens with one attached hydrogen (secondary N) is 4. The minimum Gasteiger partial charge on any atom is -0.496 e. The number of Topliss-reactive ketones (excluding diaryl/α,β-unsaturated/α-hetero) is 1. The second-order valence-electron chi connectivity index (χ2n) is 10.9. The summed E-state index contributed by atoms with van der Waals surface area (Å²) in [6.07, 6.45) is 0.335. The van der Waals surface area contributed by atoms with Crippen molar-refractivity contribution in [2.75, 3.05) is 20.3 Å². The van der Waals surface area contributed by atoms with Gasteiger partial charge in [0.1, 0.15) is 24.1 Å². The monoisotopic (exact) mass is 620 g/mol. The molecule has 3 atom stereocenters. The van der Waals surface area contributed by atoms with Crippen molar-refractivity contribution in [2.24, 2.45) is 11.8 Å². The van der Waals surface area contributed by atoms with Gasteiger partial charge >= 0.3 is 0 Å². The molecule has 1 saturated heterocycles. The SMILES string of the molecule is COc1cccc2[nH]c(C(=O)N[C@@H](CC(C)C)C(=O)NC(CC3CCNC3=O)C(=O)COc3c(F)c(F)cc(F)c3F)cc12. The van der Waals surface area contributed by atoms with Crippen LogP contribution in [0.15, 0.2) is 30.3 Å². The van der Waals surface area contributed by atoms with Gasteiger partial charge in [0.25, 0.3) is 5.91 Å². The van der Waals surface area contributed by atoms with Crippen molar-refractivity contribution in [1.29, 1.82) is 0 Å². The molecule has 0 bridgehead atoms. The fourth-order valence-corrected chi connectivity index (χ4v) is 4.99.